The van der Waals surface area contributed by atoms with Crippen LogP contribution in [0.4, 0.5) is 0 Å². The number of hydroxylamine groups is 1. The van der Waals surface area contributed by atoms with E-state index in [1.54, 1.807) is 6.92 Å². The minimum Gasteiger partial charge on any atom is -0.289 e. The zero-order valence-electron chi connectivity index (χ0n) is 3.81. The van der Waals surface area contributed by atoms with Crippen molar-refractivity contribution in [1.82, 2.24) is 5.48 Å². The van der Waals surface area contributed by atoms with Gasteiger partial charge in [-0.25, -0.2) is 5.48 Å². The molecule has 0 aliphatic rings. The third-order valence-corrected chi connectivity index (χ3v) is 0.887. The van der Waals surface area contributed by atoms with E-state index in [4.69, 9.17) is 5.21 Å². The monoisotopic (exact) mass is 167 g/mol. The lowest BCUT2D eigenvalue weighted by Crippen LogP contribution is -2.25. The first-order chi connectivity index (χ1) is 3.18. The third-order valence-electron chi connectivity index (χ3n) is 0.471. The van der Waals surface area contributed by atoms with E-state index in [9.17, 15) is 4.79 Å². The average Bonchev–Trinajstić information content (AvgIpc) is 1.65. The molecule has 3 nitrogen and oxygen atoms in total. The Kier molecular flexibility index (Phi) is 2.95. The molecule has 0 aliphatic carbocycles. The first-order valence-corrected chi connectivity index (χ1v) is 2.68. The van der Waals surface area contributed by atoms with Crippen LogP contribution in [-0.4, -0.2) is 15.9 Å². The van der Waals surface area contributed by atoms with Crippen molar-refractivity contribution in [2.24, 2.45) is 0 Å². The molecule has 0 fully saturated rings. The van der Waals surface area contributed by atoms with Gasteiger partial charge in [-0.2, -0.15) is 0 Å². The maximum absolute atomic E-state index is 10.1. The SMILES string of the molecule is CC(Br)C(=O)NO. The molecule has 0 radical (unpaired) electrons. The van der Waals surface area contributed by atoms with Crippen molar-refractivity contribution in [3.63, 3.8) is 0 Å². The van der Waals surface area contributed by atoms with Crippen LogP contribution in [0.3, 0.4) is 0 Å². The zero-order chi connectivity index (χ0) is 5.86. The molecule has 0 aliphatic heterocycles. The summed E-state index contributed by atoms with van der Waals surface area (Å²) in [6, 6.07) is 0. The second-order valence-electron chi connectivity index (χ2n) is 1.09. The molecule has 0 saturated heterocycles. The highest BCUT2D eigenvalue weighted by atomic mass is 79.9. The largest absolute Gasteiger partial charge is 0.289 e. The highest BCUT2D eigenvalue weighted by Crippen LogP contribution is 1.94. The normalized spacial score (nSPS) is 13.0. The molecule has 4 heteroatoms. The number of rotatable bonds is 1. The van der Waals surface area contributed by atoms with Crippen LogP contribution >= 0.6 is 15.9 Å². The fraction of sp³-hybridized carbons (Fsp3) is 0.667. The molecule has 2 N–H and O–H groups in total. The Bertz CT molecular complexity index is 73.3. The third kappa shape index (κ3) is 2.59. The molecule has 0 aromatic rings. The lowest BCUT2D eigenvalue weighted by Gasteiger charge is -1.95. The van der Waals surface area contributed by atoms with Crippen molar-refractivity contribution in [1.29, 1.82) is 0 Å². The van der Waals surface area contributed by atoms with Gasteiger partial charge in [-0.3, -0.25) is 10.0 Å². The van der Waals surface area contributed by atoms with Gasteiger partial charge in [0.15, 0.2) is 0 Å². The Balaban J connectivity index is 3.35. The van der Waals surface area contributed by atoms with Gasteiger partial charge in [0.05, 0.1) is 4.83 Å². The van der Waals surface area contributed by atoms with Gasteiger partial charge in [0.25, 0.3) is 5.91 Å². The predicted octanol–water partition coefficient (Wildman–Crippen LogP) is 0.275. The van der Waals surface area contributed by atoms with Gasteiger partial charge in [-0.15, -0.1) is 0 Å². The summed E-state index contributed by atoms with van der Waals surface area (Å²) in [6.07, 6.45) is 0. The maximum Gasteiger partial charge on any atom is 0.256 e. The Morgan fingerprint density at radius 3 is 2.43 bits per heavy atom. The summed E-state index contributed by atoms with van der Waals surface area (Å²) in [5.41, 5.74) is 1.48. The van der Waals surface area contributed by atoms with Crippen molar-refractivity contribution in [3.05, 3.63) is 0 Å². The van der Waals surface area contributed by atoms with Gasteiger partial charge >= 0.3 is 0 Å². The van der Waals surface area contributed by atoms with E-state index in [1.807, 2.05) is 0 Å². The highest BCUT2D eigenvalue weighted by Gasteiger charge is 2.04. The van der Waals surface area contributed by atoms with Crippen molar-refractivity contribution in [2.75, 3.05) is 0 Å². The molecule has 1 unspecified atom stereocenters. The Morgan fingerprint density at radius 2 is 2.43 bits per heavy atom. The van der Waals surface area contributed by atoms with Crippen LogP contribution in [0.2, 0.25) is 0 Å². The van der Waals surface area contributed by atoms with Crippen LogP contribution in [-0.2, 0) is 4.79 Å². The van der Waals surface area contributed by atoms with Gasteiger partial charge in [0.1, 0.15) is 0 Å². The second kappa shape index (κ2) is 2.98. The Morgan fingerprint density at radius 1 is 2.00 bits per heavy atom. The summed E-state index contributed by atoms with van der Waals surface area (Å²) in [7, 11) is 0. The molecular formula is C3H6BrNO2. The Labute approximate surface area is 49.8 Å². The summed E-state index contributed by atoms with van der Waals surface area (Å²) in [5.74, 6) is -0.431. The van der Waals surface area contributed by atoms with Crippen LogP contribution in [0, 0.1) is 0 Å². The number of carbonyl (C=O) groups excluding carboxylic acids is 1. The molecule has 0 heterocycles. The summed E-state index contributed by atoms with van der Waals surface area (Å²) in [4.78, 5) is 9.78. The van der Waals surface area contributed by atoms with Gasteiger partial charge in [0, 0.05) is 0 Å². The molecule has 7 heavy (non-hydrogen) atoms. The molecule has 0 aromatic heterocycles. The summed E-state index contributed by atoms with van der Waals surface area (Å²) >= 11 is 2.93. The predicted molar refractivity (Wildman–Crippen MR) is 28.3 cm³/mol. The van der Waals surface area contributed by atoms with Crippen molar-refractivity contribution in [3.8, 4) is 0 Å². The standard InChI is InChI=1S/C3H6BrNO2/c1-2(4)3(6)5-7/h2,7H,1H3,(H,5,6). The fourth-order valence-electron chi connectivity index (χ4n) is 0.0889. The topological polar surface area (TPSA) is 49.3 Å². The molecule has 42 valence electrons. The van der Waals surface area contributed by atoms with E-state index >= 15 is 0 Å². The number of amides is 1. The first kappa shape index (κ1) is 6.91. The molecule has 0 aromatic carbocycles. The van der Waals surface area contributed by atoms with Crippen molar-refractivity contribution in [2.45, 2.75) is 11.8 Å². The molecule has 0 saturated carbocycles. The zero-order valence-corrected chi connectivity index (χ0v) is 5.40. The number of halogens is 1. The van der Waals surface area contributed by atoms with Gasteiger partial charge in [-0.05, 0) is 6.92 Å². The van der Waals surface area contributed by atoms with E-state index < -0.39 is 5.91 Å². The summed E-state index contributed by atoms with van der Waals surface area (Å²) in [6.45, 7) is 1.62. The van der Waals surface area contributed by atoms with Crippen LogP contribution in [0.5, 0.6) is 0 Å². The average molecular weight is 168 g/mol. The number of hydrogen-bond donors (Lipinski definition) is 2. The fourth-order valence-corrected chi connectivity index (χ4v) is 0.191. The van der Waals surface area contributed by atoms with Gasteiger partial charge in [-0.1, -0.05) is 15.9 Å². The number of nitrogens with one attached hydrogen (secondary N) is 1. The van der Waals surface area contributed by atoms with E-state index in [-0.39, 0.29) is 4.83 Å². The van der Waals surface area contributed by atoms with Crippen molar-refractivity contribution >= 4 is 21.8 Å². The summed E-state index contributed by atoms with van der Waals surface area (Å²) < 4.78 is 0. The van der Waals surface area contributed by atoms with E-state index in [0.717, 1.165) is 0 Å². The molecule has 1 atom stereocenters. The molecule has 1 amide bonds. The maximum atomic E-state index is 10.1. The minimum absolute atomic E-state index is 0.322. The lowest BCUT2D eigenvalue weighted by molar-refractivity contribution is -0.128. The number of carbonyl (C=O) groups is 1. The quantitative estimate of drug-likeness (QED) is 0.335. The van der Waals surface area contributed by atoms with E-state index in [1.165, 1.54) is 5.48 Å². The molecule has 0 bridgehead atoms. The second-order valence-corrected chi connectivity index (χ2v) is 2.47. The lowest BCUT2D eigenvalue weighted by atomic mass is 10.5. The first-order valence-electron chi connectivity index (χ1n) is 1.76. The van der Waals surface area contributed by atoms with Crippen LogP contribution in [0.1, 0.15) is 6.92 Å². The smallest absolute Gasteiger partial charge is 0.256 e. The molecule has 0 rings (SSSR count). The molecule has 0 spiro atoms. The van der Waals surface area contributed by atoms with Crippen LogP contribution in [0.15, 0.2) is 0 Å². The van der Waals surface area contributed by atoms with Crippen LogP contribution < -0.4 is 5.48 Å². The van der Waals surface area contributed by atoms with Crippen LogP contribution in [0.25, 0.3) is 0 Å². The van der Waals surface area contributed by atoms with Gasteiger partial charge in [0.2, 0.25) is 0 Å². The number of hydrogen-bond acceptors (Lipinski definition) is 2. The van der Waals surface area contributed by atoms with E-state index in [2.05, 4.69) is 15.9 Å². The Hall–Kier alpha value is -0.0900. The van der Waals surface area contributed by atoms with E-state index in [0.29, 0.717) is 0 Å². The highest BCUT2D eigenvalue weighted by molar-refractivity contribution is 9.10. The van der Waals surface area contributed by atoms with Crippen molar-refractivity contribution < 1.29 is 10.0 Å². The number of alkyl halides is 1. The minimum atomic E-state index is -0.431. The summed E-state index contributed by atoms with van der Waals surface area (Å²) in [5, 5.41) is 7.88. The molecular weight excluding hydrogens is 162 g/mol. The van der Waals surface area contributed by atoms with Gasteiger partial charge < -0.3 is 0 Å².